The molecule has 2 rings (SSSR count). The number of nitrogens with one attached hydrogen (secondary N) is 4. The van der Waals surface area contributed by atoms with E-state index in [0.29, 0.717) is 19.3 Å². The van der Waals surface area contributed by atoms with Gasteiger partial charge in [-0.25, -0.2) is 14.4 Å². The Morgan fingerprint density at radius 3 is 1.83 bits per heavy atom. The van der Waals surface area contributed by atoms with Gasteiger partial charge in [0.05, 0.1) is 19.7 Å². The van der Waals surface area contributed by atoms with Gasteiger partial charge in [0.2, 0.25) is 23.6 Å². The van der Waals surface area contributed by atoms with E-state index in [-0.39, 0.29) is 43.9 Å². The van der Waals surface area contributed by atoms with Gasteiger partial charge in [-0.2, -0.15) is 0 Å². The molecule has 260 valence electrons. The summed E-state index contributed by atoms with van der Waals surface area (Å²) in [5, 5.41) is 4.99. The fourth-order valence-corrected chi connectivity index (χ4v) is 4.13. The predicted octanol–water partition coefficient (Wildman–Crippen LogP) is -3.51. The minimum absolute atomic E-state index is 0.119. The van der Waals surface area contributed by atoms with Gasteiger partial charge < -0.3 is 30.9 Å². The first-order valence-corrected chi connectivity index (χ1v) is 14.8. The number of aromatic amines is 2. The van der Waals surface area contributed by atoms with Crippen LogP contribution < -0.4 is 38.9 Å². The fourth-order valence-electron chi connectivity index (χ4n) is 4.13. The highest BCUT2D eigenvalue weighted by molar-refractivity contribution is 5.85. The first-order chi connectivity index (χ1) is 22.7. The SMILES string of the molecule is C#CCCCCOC(=O)NCCN(CC(=O)NCCN(CC(N)=O)C(=O)Cn1cc(C)c(=O)[nH]c1=O)C(=O)Cn1cc(C)c(=O)[nH]c1=O. The molecular weight excluding hydrogens is 634 g/mol. The topological polar surface area (TPSA) is 261 Å². The second-order valence-electron chi connectivity index (χ2n) is 10.6. The number of nitrogens with two attached hydrogens (primary N) is 1. The first-order valence-electron chi connectivity index (χ1n) is 14.8. The van der Waals surface area contributed by atoms with Crippen molar-refractivity contribution in [2.24, 2.45) is 5.73 Å². The highest BCUT2D eigenvalue weighted by Crippen LogP contribution is 1.98. The van der Waals surface area contributed by atoms with E-state index in [1.165, 1.54) is 26.2 Å². The molecule has 19 nitrogen and oxygen atoms in total. The summed E-state index contributed by atoms with van der Waals surface area (Å²) in [5.74, 6) is -0.476. The summed E-state index contributed by atoms with van der Waals surface area (Å²) in [6, 6.07) is 0. The molecular formula is C29H39N9O10. The lowest BCUT2D eigenvalue weighted by Gasteiger charge is -2.24. The van der Waals surface area contributed by atoms with Gasteiger partial charge in [0.25, 0.3) is 11.1 Å². The monoisotopic (exact) mass is 673 g/mol. The number of rotatable bonds is 18. The molecule has 0 saturated heterocycles. The van der Waals surface area contributed by atoms with Crippen LogP contribution >= 0.6 is 0 Å². The van der Waals surface area contributed by atoms with Gasteiger partial charge in [-0.15, -0.1) is 12.3 Å². The fraction of sp³-hybridized carbons (Fsp3) is 0.483. The largest absolute Gasteiger partial charge is 0.450 e. The molecule has 0 aliphatic carbocycles. The number of carbonyl (C=O) groups is 5. The van der Waals surface area contributed by atoms with Crippen LogP contribution in [0, 0.1) is 26.2 Å². The maximum Gasteiger partial charge on any atom is 0.407 e. The first kappa shape index (κ1) is 38.3. The number of unbranched alkanes of at least 4 members (excludes halogenated alkanes) is 2. The molecule has 2 aromatic heterocycles. The molecule has 0 fully saturated rings. The maximum absolute atomic E-state index is 13.2. The number of nitrogens with zero attached hydrogens (tertiary/aromatic N) is 4. The Hall–Kier alpha value is -5.93. The van der Waals surface area contributed by atoms with Crippen molar-refractivity contribution >= 4 is 29.7 Å². The number of carbonyl (C=O) groups excluding carboxylic acids is 5. The van der Waals surface area contributed by atoms with Crippen LogP contribution in [0.4, 0.5) is 4.79 Å². The number of terminal acetylenes is 1. The number of primary amides is 1. The molecule has 0 spiro atoms. The van der Waals surface area contributed by atoms with Crippen LogP contribution in [0.2, 0.25) is 0 Å². The van der Waals surface area contributed by atoms with Gasteiger partial charge in [0.1, 0.15) is 13.1 Å². The van der Waals surface area contributed by atoms with E-state index >= 15 is 0 Å². The van der Waals surface area contributed by atoms with Crippen LogP contribution in [0.3, 0.4) is 0 Å². The number of ether oxygens (including phenoxy) is 1. The summed E-state index contributed by atoms with van der Waals surface area (Å²) < 4.78 is 6.96. The van der Waals surface area contributed by atoms with Gasteiger partial charge in [0.15, 0.2) is 0 Å². The average molecular weight is 674 g/mol. The van der Waals surface area contributed by atoms with Crippen LogP contribution in [-0.2, 0) is 37.0 Å². The van der Waals surface area contributed by atoms with Crippen LogP contribution in [0.5, 0.6) is 0 Å². The molecule has 0 radical (unpaired) electrons. The second kappa shape index (κ2) is 18.9. The minimum atomic E-state index is -0.859. The van der Waals surface area contributed by atoms with Crippen LogP contribution in [0.1, 0.15) is 30.4 Å². The Labute approximate surface area is 273 Å². The number of aromatic nitrogens is 4. The van der Waals surface area contributed by atoms with Crippen LogP contribution in [0.15, 0.2) is 31.6 Å². The zero-order valence-electron chi connectivity index (χ0n) is 26.7. The summed E-state index contributed by atoms with van der Waals surface area (Å²) in [4.78, 5) is 116. The van der Waals surface area contributed by atoms with Crippen molar-refractivity contribution in [1.29, 1.82) is 0 Å². The third-order valence-corrected chi connectivity index (χ3v) is 6.68. The molecule has 48 heavy (non-hydrogen) atoms. The molecule has 19 heteroatoms. The Kier molecular flexibility index (Phi) is 15.1. The van der Waals surface area contributed by atoms with Gasteiger partial charge in [0, 0.05) is 56.1 Å². The standard InChI is InChI=1S/C29H39N9O10/c1-4-5-6-7-12-48-29(47)32-9-11-36(24(42)18-38-14-20(3)26(44)34-28(38)46)16-22(40)31-8-10-35(15-21(30)39)23(41)17-37-13-19(2)25(43)33-27(37)45/h1,13-14H,5-12,15-18H2,2-3H3,(H2,30,39)(H,31,40)(H,32,47)(H,33,43,45)(H,34,44,46). The number of alkyl carbamates (subject to hydrolysis) is 1. The van der Waals surface area contributed by atoms with Crippen LogP contribution in [-0.4, -0.2) is 104 Å². The van der Waals surface area contributed by atoms with E-state index in [2.05, 4.69) is 26.5 Å². The lowest BCUT2D eigenvalue weighted by molar-refractivity contribution is -0.137. The summed E-state index contributed by atoms with van der Waals surface area (Å²) in [6.07, 6.45) is 8.59. The normalized spacial score (nSPS) is 10.4. The van der Waals surface area contributed by atoms with Gasteiger partial charge >= 0.3 is 17.5 Å². The van der Waals surface area contributed by atoms with E-state index in [1.807, 2.05) is 0 Å². The molecule has 6 N–H and O–H groups in total. The number of aryl methyl sites for hydroxylation is 2. The van der Waals surface area contributed by atoms with Crippen molar-refractivity contribution in [2.75, 3.05) is 45.9 Å². The van der Waals surface area contributed by atoms with Crippen molar-refractivity contribution in [3.8, 4) is 12.3 Å². The third kappa shape index (κ3) is 12.8. The molecule has 0 aliphatic heterocycles. The van der Waals surface area contributed by atoms with E-state index in [4.69, 9.17) is 16.9 Å². The summed E-state index contributed by atoms with van der Waals surface area (Å²) in [6.45, 7) is 0.197. The average Bonchev–Trinajstić information content (AvgIpc) is 3.01. The lowest BCUT2D eigenvalue weighted by Crippen LogP contribution is -2.48. The molecule has 0 unspecified atom stereocenters. The number of hydrogen-bond acceptors (Lipinski definition) is 10. The van der Waals surface area contributed by atoms with Gasteiger partial charge in [-0.05, 0) is 26.7 Å². The van der Waals surface area contributed by atoms with E-state index in [0.717, 1.165) is 18.9 Å². The highest BCUT2D eigenvalue weighted by atomic mass is 16.5. The van der Waals surface area contributed by atoms with Crippen molar-refractivity contribution in [1.82, 2.24) is 39.5 Å². The van der Waals surface area contributed by atoms with Gasteiger partial charge in [-0.3, -0.25) is 47.9 Å². The van der Waals surface area contributed by atoms with Crippen molar-refractivity contribution in [3.05, 3.63) is 65.2 Å². The summed E-state index contributed by atoms with van der Waals surface area (Å²) in [5.41, 5.74) is 2.71. The molecule has 0 atom stereocenters. The van der Waals surface area contributed by atoms with Crippen molar-refractivity contribution < 1.29 is 28.7 Å². The molecule has 2 aromatic rings. The molecule has 0 aromatic carbocycles. The molecule has 0 bridgehead atoms. The van der Waals surface area contributed by atoms with Crippen molar-refractivity contribution in [3.63, 3.8) is 0 Å². The van der Waals surface area contributed by atoms with E-state index < -0.39 is 78.4 Å². The number of hydrogen-bond donors (Lipinski definition) is 5. The Morgan fingerprint density at radius 2 is 1.33 bits per heavy atom. The lowest BCUT2D eigenvalue weighted by atomic mass is 10.2. The summed E-state index contributed by atoms with van der Waals surface area (Å²) in [7, 11) is 0. The minimum Gasteiger partial charge on any atom is -0.450 e. The molecule has 0 aliphatic rings. The highest BCUT2D eigenvalue weighted by Gasteiger charge is 2.21. The molecule has 0 saturated carbocycles. The Bertz CT molecular complexity index is 1770. The Balaban J connectivity index is 2.05. The zero-order valence-corrected chi connectivity index (χ0v) is 26.7. The summed E-state index contributed by atoms with van der Waals surface area (Å²) >= 11 is 0. The number of amides is 5. The zero-order chi connectivity index (χ0) is 35.8. The number of H-pyrrole nitrogens is 2. The molecule has 5 amide bonds. The van der Waals surface area contributed by atoms with Crippen molar-refractivity contribution in [2.45, 2.75) is 46.2 Å². The maximum atomic E-state index is 13.2. The van der Waals surface area contributed by atoms with Crippen LogP contribution in [0.25, 0.3) is 0 Å². The molecule has 2 heterocycles. The van der Waals surface area contributed by atoms with E-state index in [1.54, 1.807) is 0 Å². The van der Waals surface area contributed by atoms with Gasteiger partial charge in [-0.1, -0.05) is 0 Å². The third-order valence-electron chi connectivity index (χ3n) is 6.68. The predicted molar refractivity (Wildman–Crippen MR) is 170 cm³/mol. The Morgan fingerprint density at radius 1 is 0.833 bits per heavy atom. The second-order valence-corrected chi connectivity index (χ2v) is 10.6. The smallest absolute Gasteiger partial charge is 0.407 e. The van der Waals surface area contributed by atoms with E-state index in [9.17, 15) is 43.2 Å². The quantitative estimate of drug-likeness (QED) is 0.0770.